The second-order valence-electron chi connectivity index (χ2n) is 3.93. The van der Waals surface area contributed by atoms with E-state index in [4.69, 9.17) is 40.2 Å². The quantitative estimate of drug-likeness (QED) is 0.631. The topological polar surface area (TPSA) is 67.4 Å². The zero-order valence-electron chi connectivity index (χ0n) is 11.2. The van der Waals surface area contributed by atoms with Gasteiger partial charge >= 0.3 is 5.97 Å². The predicted octanol–water partition coefficient (Wildman–Crippen LogP) is 3.15. The van der Waals surface area contributed by atoms with Crippen LogP contribution < -0.4 is 10.6 Å². The summed E-state index contributed by atoms with van der Waals surface area (Å²) < 4.78 is 4.72. The van der Waals surface area contributed by atoms with Crippen molar-refractivity contribution in [2.45, 2.75) is 19.8 Å². The van der Waals surface area contributed by atoms with Crippen LogP contribution in [0.25, 0.3) is 0 Å². The maximum atomic E-state index is 11.6. The highest BCUT2D eigenvalue weighted by molar-refractivity contribution is 7.80. The molecule has 0 spiro atoms. The molecule has 21 heavy (non-hydrogen) atoms. The van der Waals surface area contributed by atoms with Crippen molar-refractivity contribution in [1.29, 1.82) is 0 Å². The summed E-state index contributed by atoms with van der Waals surface area (Å²) in [6.45, 7) is 1.99. The van der Waals surface area contributed by atoms with Gasteiger partial charge in [0, 0.05) is 11.4 Å². The maximum Gasteiger partial charge on any atom is 0.306 e. The van der Waals surface area contributed by atoms with E-state index in [-0.39, 0.29) is 24.6 Å². The Hall–Kier alpha value is -1.37. The molecule has 0 radical (unpaired) electrons. The number of rotatable bonds is 5. The lowest BCUT2D eigenvalue weighted by Gasteiger charge is -2.11. The van der Waals surface area contributed by atoms with Crippen LogP contribution in [-0.2, 0) is 14.3 Å². The molecule has 0 fully saturated rings. The van der Waals surface area contributed by atoms with Crippen LogP contribution in [0.15, 0.2) is 18.2 Å². The Bertz CT molecular complexity index is 552. The first kappa shape index (κ1) is 17.7. The molecular weight excluding hydrogens is 335 g/mol. The molecule has 0 heterocycles. The number of hydrogen-bond donors (Lipinski definition) is 2. The van der Waals surface area contributed by atoms with Gasteiger partial charge in [-0.2, -0.15) is 0 Å². The molecule has 2 N–H and O–H groups in total. The minimum Gasteiger partial charge on any atom is -0.466 e. The van der Waals surface area contributed by atoms with Crippen LogP contribution in [0.2, 0.25) is 10.0 Å². The van der Waals surface area contributed by atoms with Crippen LogP contribution in [0.4, 0.5) is 5.69 Å². The van der Waals surface area contributed by atoms with Gasteiger partial charge in [0.1, 0.15) is 0 Å². The third kappa shape index (κ3) is 6.75. The fourth-order valence-electron chi connectivity index (χ4n) is 1.38. The van der Waals surface area contributed by atoms with E-state index >= 15 is 0 Å². The van der Waals surface area contributed by atoms with Crippen LogP contribution in [0.1, 0.15) is 19.8 Å². The van der Waals surface area contributed by atoms with E-state index in [1.165, 1.54) is 0 Å². The number of nitrogens with one attached hydrogen (secondary N) is 2. The first-order chi connectivity index (χ1) is 9.92. The first-order valence-electron chi connectivity index (χ1n) is 6.14. The maximum absolute atomic E-state index is 11.6. The van der Waals surface area contributed by atoms with Gasteiger partial charge in [-0.05, 0) is 37.3 Å². The molecule has 0 aromatic heterocycles. The lowest BCUT2D eigenvalue weighted by atomic mass is 10.3. The molecule has 114 valence electrons. The SMILES string of the molecule is CCOC(=O)CCC(=O)NC(=S)Nc1cc(Cl)ccc1Cl. The number of ether oxygens (including phenoxy) is 1. The Kier molecular flexibility index (Phi) is 7.42. The van der Waals surface area contributed by atoms with Crippen molar-refractivity contribution in [3.63, 3.8) is 0 Å². The summed E-state index contributed by atoms with van der Waals surface area (Å²) in [7, 11) is 0. The third-order valence-corrected chi connectivity index (χ3v) is 3.06. The minimum atomic E-state index is -0.426. The zero-order valence-corrected chi connectivity index (χ0v) is 13.6. The van der Waals surface area contributed by atoms with Gasteiger partial charge < -0.3 is 15.4 Å². The largest absolute Gasteiger partial charge is 0.466 e. The van der Waals surface area contributed by atoms with Crippen LogP contribution in [0.5, 0.6) is 0 Å². The normalized spacial score (nSPS) is 9.86. The molecule has 1 aromatic carbocycles. The van der Waals surface area contributed by atoms with Crippen LogP contribution >= 0.6 is 35.4 Å². The van der Waals surface area contributed by atoms with Gasteiger partial charge in [0.25, 0.3) is 0 Å². The van der Waals surface area contributed by atoms with Gasteiger partial charge in [-0.3, -0.25) is 9.59 Å². The Morgan fingerprint density at radius 1 is 1.29 bits per heavy atom. The van der Waals surface area contributed by atoms with E-state index < -0.39 is 11.9 Å². The lowest BCUT2D eigenvalue weighted by molar-refractivity contribution is -0.144. The molecule has 0 aliphatic carbocycles. The van der Waals surface area contributed by atoms with Crippen molar-refractivity contribution < 1.29 is 14.3 Å². The standard InChI is InChI=1S/C13H14Cl2N2O3S/c1-2-20-12(19)6-5-11(18)17-13(21)16-10-7-8(14)3-4-9(10)15/h3-4,7H,2,5-6H2,1H3,(H2,16,17,18,21). The molecule has 1 rings (SSSR count). The number of amides is 1. The van der Waals surface area contributed by atoms with Crippen LogP contribution in [0.3, 0.4) is 0 Å². The molecule has 0 bridgehead atoms. The molecule has 0 aliphatic heterocycles. The number of esters is 1. The van der Waals surface area contributed by atoms with E-state index in [9.17, 15) is 9.59 Å². The van der Waals surface area contributed by atoms with E-state index in [0.717, 1.165) is 0 Å². The van der Waals surface area contributed by atoms with E-state index in [0.29, 0.717) is 15.7 Å². The zero-order chi connectivity index (χ0) is 15.8. The molecule has 1 aromatic rings. The Morgan fingerprint density at radius 3 is 2.67 bits per heavy atom. The highest BCUT2D eigenvalue weighted by Gasteiger charge is 2.10. The molecule has 0 saturated carbocycles. The van der Waals surface area contributed by atoms with Crippen LogP contribution in [0, 0.1) is 0 Å². The van der Waals surface area contributed by atoms with Gasteiger partial charge in [-0.25, -0.2) is 0 Å². The average Bonchev–Trinajstić information content (AvgIpc) is 2.41. The molecule has 0 aliphatic rings. The number of benzene rings is 1. The summed E-state index contributed by atoms with van der Waals surface area (Å²) in [6, 6.07) is 4.83. The Labute approximate surface area is 137 Å². The summed E-state index contributed by atoms with van der Waals surface area (Å²) in [4.78, 5) is 22.7. The molecular formula is C13H14Cl2N2O3S. The number of anilines is 1. The fourth-order valence-corrected chi connectivity index (χ4v) is 1.95. The molecule has 5 nitrogen and oxygen atoms in total. The Balaban J connectivity index is 2.44. The summed E-state index contributed by atoms with van der Waals surface area (Å²) >= 11 is 16.8. The molecule has 0 saturated heterocycles. The lowest BCUT2D eigenvalue weighted by Crippen LogP contribution is -2.34. The molecule has 1 amide bonds. The number of hydrogen-bond acceptors (Lipinski definition) is 4. The van der Waals surface area contributed by atoms with Crippen LogP contribution in [-0.4, -0.2) is 23.6 Å². The predicted molar refractivity (Wildman–Crippen MR) is 86.7 cm³/mol. The van der Waals surface area contributed by atoms with Gasteiger partial charge in [-0.15, -0.1) is 0 Å². The second kappa shape index (κ2) is 8.81. The van der Waals surface area contributed by atoms with Crippen molar-refractivity contribution in [3.8, 4) is 0 Å². The number of carbonyl (C=O) groups is 2. The summed E-state index contributed by atoms with van der Waals surface area (Å²) in [5.74, 6) is -0.817. The summed E-state index contributed by atoms with van der Waals surface area (Å²) in [5.41, 5.74) is 0.486. The summed E-state index contributed by atoms with van der Waals surface area (Å²) in [5, 5.41) is 6.19. The minimum absolute atomic E-state index is 0.000206. The van der Waals surface area contributed by atoms with E-state index in [1.807, 2.05) is 0 Å². The highest BCUT2D eigenvalue weighted by Crippen LogP contribution is 2.25. The van der Waals surface area contributed by atoms with Crippen molar-refractivity contribution >= 4 is 58.1 Å². The van der Waals surface area contributed by atoms with Gasteiger partial charge in [0.05, 0.1) is 23.7 Å². The fraction of sp³-hybridized carbons (Fsp3) is 0.308. The van der Waals surface area contributed by atoms with Crippen molar-refractivity contribution in [3.05, 3.63) is 28.2 Å². The molecule has 0 unspecified atom stereocenters. The number of halogens is 2. The van der Waals surface area contributed by atoms with Crippen molar-refractivity contribution in [1.82, 2.24) is 5.32 Å². The van der Waals surface area contributed by atoms with E-state index in [1.54, 1.807) is 25.1 Å². The van der Waals surface area contributed by atoms with Crippen molar-refractivity contribution in [2.24, 2.45) is 0 Å². The monoisotopic (exact) mass is 348 g/mol. The average molecular weight is 349 g/mol. The van der Waals surface area contributed by atoms with Gasteiger partial charge in [-0.1, -0.05) is 23.2 Å². The van der Waals surface area contributed by atoms with E-state index in [2.05, 4.69) is 10.6 Å². The second-order valence-corrected chi connectivity index (χ2v) is 5.18. The van der Waals surface area contributed by atoms with Gasteiger partial charge in [0.2, 0.25) is 5.91 Å². The number of thiocarbonyl (C=S) groups is 1. The smallest absolute Gasteiger partial charge is 0.306 e. The highest BCUT2D eigenvalue weighted by atomic mass is 35.5. The molecule has 8 heteroatoms. The van der Waals surface area contributed by atoms with Gasteiger partial charge in [0.15, 0.2) is 5.11 Å². The molecule has 0 atom stereocenters. The first-order valence-corrected chi connectivity index (χ1v) is 7.30. The Morgan fingerprint density at radius 2 is 2.00 bits per heavy atom. The number of carbonyl (C=O) groups excluding carboxylic acids is 2. The van der Waals surface area contributed by atoms with Crippen molar-refractivity contribution in [2.75, 3.05) is 11.9 Å². The third-order valence-electron chi connectivity index (χ3n) is 2.29. The summed E-state index contributed by atoms with van der Waals surface area (Å²) in [6.07, 6.45) is -0.00978.